The fourth-order valence-corrected chi connectivity index (χ4v) is 2.51. The third-order valence-electron chi connectivity index (χ3n) is 2.73. The molecule has 0 saturated heterocycles. The molecule has 0 atom stereocenters. The van der Waals surface area contributed by atoms with Crippen LogP contribution in [0.3, 0.4) is 0 Å². The van der Waals surface area contributed by atoms with E-state index < -0.39 is 0 Å². The van der Waals surface area contributed by atoms with E-state index in [-0.39, 0.29) is 0 Å². The Labute approximate surface area is 112 Å². The molecule has 0 aliphatic heterocycles. The molecule has 0 spiro atoms. The Hall–Kier alpha value is -1.46. The van der Waals surface area contributed by atoms with Gasteiger partial charge in [-0.2, -0.15) is 0 Å². The van der Waals surface area contributed by atoms with Gasteiger partial charge in [0.25, 0.3) is 0 Å². The maximum absolute atomic E-state index is 4.49. The maximum Gasteiger partial charge on any atom is 0.0898 e. The summed E-state index contributed by atoms with van der Waals surface area (Å²) >= 11 is 1.69. The molecule has 0 amide bonds. The normalized spacial score (nSPS) is 10.6. The molecule has 0 unspecified atom stereocenters. The number of nitrogens with one attached hydrogen (secondary N) is 1. The molecule has 4 nitrogen and oxygen atoms in total. The number of rotatable bonds is 5. The second-order valence-corrected chi connectivity index (χ2v) is 5.31. The van der Waals surface area contributed by atoms with Crippen LogP contribution in [-0.2, 0) is 13.1 Å². The van der Waals surface area contributed by atoms with Gasteiger partial charge in [0.1, 0.15) is 0 Å². The number of aryl methyl sites for hydroxylation is 1. The molecule has 96 valence electrons. The van der Waals surface area contributed by atoms with Gasteiger partial charge in [0.15, 0.2) is 0 Å². The van der Waals surface area contributed by atoms with Gasteiger partial charge in [-0.15, -0.1) is 11.3 Å². The molecule has 0 aromatic carbocycles. The van der Waals surface area contributed by atoms with Crippen LogP contribution in [0.15, 0.2) is 23.8 Å². The van der Waals surface area contributed by atoms with E-state index in [2.05, 4.69) is 38.7 Å². The van der Waals surface area contributed by atoms with E-state index in [1.165, 1.54) is 5.56 Å². The fourth-order valence-electron chi connectivity index (χ4n) is 1.91. The van der Waals surface area contributed by atoms with Crippen LogP contribution in [0, 0.1) is 6.92 Å². The molecule has 1 N–H and O–H groups in total. The van der Waals surface area contributed by atoms with Gasteiger partial charge < -0.3 is 10.2 Å². The zero-order chi connectivity index (χ0) is 13.0. The van der Waals surface area contributed by atoms with Crippen molar-refractivity contribution >= 4 is 17.0 Å². The average Bonchev–Trinajstić information content (AvgIpc) is 2.76. The predicted octanol–water partition coefficient (Wildman–Crippen LogP) is 2.20. The predicted molar refractivity (Wildman–Crippen MR) is 76.0 cm³/mol. The lowest BCUT2D eigenvalue weighted by atomic mass is 10.2. The van der Waals surface area contributed by atoms with Crippen LogP contribution in [0.25, 0.3) is 0 Å². The highest BCUT2D eigenvalue weighted by Crippen LogP contribution is 2.20. The average molecular weight is 262 g/mol. The summed E-state index contributed by atoms with van der Waals surface area (Å²) in [4.78, 5) is 10.9. The van der Waals surface area contributed by atoms with Crippen LogP contribution in [0.2, 0.25) is 0 Å². The number of pyridine rings is 1. The summed E-state index contributed by atoms with van der Waals surface area (Å²) in [6.45, 7) is 3.69. The molecule has 2 aromatic heterocycles. The molecule has 2 heterocycles. The minimum Gasteiger partial charge on any atom is -0.367 e. The zero-order valence-electron chi connectivity index (χ0n) is 11.0. The minimum absolute atomic E-state index is 0.812. The van der Waals surface area contributed by atoms with Gasteiger partial charge in [0.05, 0.1) is 29.1 Å². The van der Waals surface area contributed by atoms with Crippen LogP contribution in [0.5, 0.6) is 0 Å². The highest BCUT2D eigenvalue weighted by Gasteiger charge is 2.09. The molecule has 0 saturated carbocycles. The Morgan fingerprint density at radius 1 is 1.44 bits per heavy atom. The van der Waals surface area contributed by atoms with Crippen molar-refractivity contribution in [3.8, 4) is 0 Å². The summed E-state index contributed by atoms with van der Waals surface area (Å²) in [5.41, 5.74) is 3.51. The lowest BCUT2D eigenvalue weighted by molar-refractivity contribution is 0.799. The summed E-state index contributed by atoms with van der Waals surface area (Å²) in [5, 5.41) is 6.40. The molecule has 18 heavy (non-hydrogen) atoms. The quantitative estimate of drug-likeness (QED) is 0.897. The van der Waals surface area contributed by atoms with E-state index in [0.29, 0.717) is 0 Å². The SMILES string of the molecule is CNCc1ccncc1N(C)Cc1csc(C)n1. The van der Waals surface area contributed by atoms with E-state index in [9.17, 15) is 0 Å². The van der Waals surface area contributed by atoms with Crippen molar-refractivity contribution in [2.45, 2.75) is 20.0 Å². The molecular weight excluding hydrogens is 244 g/mol. The number of hydrogen-bond donors (Lipinski definition) is 1. The van der Waals surface area contributed by atoms with Gasteiger partial charge in [-0.05, 0) is 25.6 Å². The first kappa shape index (κ1) is 13.0. The summed E-state index contributed by atoms with van der Waals surface area (Å²) in [7, 11) is 4.03. The lowest BCUT2D eigenvalue weighted by Crippen LogP contribution is -2.20. The van der Waals surface area contributed by atoms with E-state index in [0.717, 1.165) is 29.5 Å². The van der Waals surface area contributed by atoms with Crippen molar-refractivity contribution in [1.29, 1.82) is 0 Å². The van der Waals surface area contributed by atoms with Crippen LogP contribution in [0.1, 0.15) is 16.3 Å². The summed E-state index contributed by atoms with van der Waals surface area (Å²) in [6, 6.07) is 2.05. The number of thiazole rings is 1. The van der Waals surface area contributed by atoms with Crippen LogP contribution in [0.4, 0.5) is 5.69 Å². The van der Waals surface area contributed by atoms with Gasteiger partial charge in [-0.3, -0.25) is 4.98 Å². The second-order valence-electron chi connectivity index (χ2n) is 4.25. The largest absolute Gasteiger partial charge is 0.367 e. The van der Waals surface area contributed by atoms with Crippen LogP contribution >= 0.6 is 11.3 Å². The summed E-state index contributed by atoms with van der Waals surface area (Å²) in [5.74, 6) is 0. The Morgan fingerprint density at radius 3 is 2.94 bits per heavy atom. The molecule has 2 aromatic rings. The van der Waals surface area contributed by atoms with Crippen LogP contribution in [-0.4, -0.2) is 24.1 Å². The lowest BCUT2D eigenvalue weighted by Gasteiger charge is -2.21. The summed E-state index contributed by atoms with van der Waals surface area (Å²) < 4.78 is 0. The zero-order valence-corrected chi connectivity index (χ0v) is 11.8. The monoisotopic (exact) mass is 262 g/mol. The fraction of sp³-hybridized carbons (Fsp3) is 0.385. The molecule has 0 radical (unpaired) electrons. The van der Waals surface area contributed by atoms with E-state index in [1.54, 1.807) is 11.3 Å². The molecular formula is C13H18N4S. The smallest absolute Gasteiger partial charge is 0.0898 e. The Kier molecular flexibility index (Phi) is 4.28. The van der Waals surface area contributed by atoms with E-state index >= 15 is 0 Å². The highest BCUT2D eigenvalue weighted by molar-refractivity contribution is 7.09. The van der Waals surface area contributed by atoms with Crippen molar-refractivity contribution in [3.63, 3.8) is 0 Å². The third-order valence-corrected chi connectivity index (χ3v) is 3.55. The number of hydrogen-bond acceptors (Lipinski definition) is 5. The topological polar surface area (TPSA) is 41.1 Å². The first-order chi connectivity index (χ1) is 8.70. The highest BCUT2D eigenvalue weighted by atomic mass is 32.1. The van der Waals surface area contributed by atoms with Crippen LogP contribution < -0.4 is 10.2 Å². The molecule has 2 rings (SSSR count). The van der Waals surface area contributed by atoms with Crippen molar-refractivity contribution in [2.75, 3.05) is 19.0 Å². The van der Waals surface area contributed by atoms with Crippen molar-refractivity contribution in [2.24, 2.45) is 0 Å². The van der Waals surface area contributed by atoms with Crippen molar-refractivity contribution in [3.05, 3.63) is 40.1 Å². The van der Waals surface area contributed by atoms with E-state index in [1.807, 2.05) is 26.4 Å². The molecule has 5 heteroatoms. The summed E-state index contributed by atoms with van der Waals surface area (Å²) in [6.07, 6.45) is 3.74. The van der Waals surface area contributed by atoms with Gasteiger partial charge in [-0.1, -0.05) is 0 Å². The van der Waals surface area contributed by atoms with Gasteiger partial charge in [0.2, 0.25) is 0 Å². The Morgan fingerprint density at radius 2 is 2.28 bits per heavy atom. The second kappa shape index (κ2) is 5.93. The maximum atomic E-state index is 4.49. The number of anilines is 1. The Bertz CT molecular complexity index is 509. The van der Waals surface area contributed by atoms with Crippen molar-refractivity contribution in [1.82, 2.24) is 15.3 Å². The first-order valence-electron chi connectivity index (χ1n) is 5.90. The third kappa shape index (κ3) is 3.05. The Balaban J connectivity index is 2.15. The molecule has 0 aliphatic carbocycles. The van der Waals surface area contributed by atoms with Gasteiger partial charge >= 0.3 is 0 Å². The first-order valence-corrected chi connectivity index (χ1v) is 6.78. The minimum atomic E-state index is 0.812. The van der Waals surface area contributed by atoms with Gasteiger partial charge in [-0.25, -0.2) is 4.98 Å². The van der Waals surface area contributed by atoms with Crippen molar-refractivity contribution < 1.29 is 0 Å². The standard InChI is InChI=1S/C13H18N4S/c1-10-16-12(9-18-10)8-17(3)13-7-15-5-4-11(13)6-14-2/h4-5,7,9,14H,6,8H2,1-3H3. The number of nitrogens with zero attached hydrogens (tertiary/aromatic N) is 3. The number of aromatic nitrogens is 2. The molecule has 0 bridgehead atoms. The van der Waals surface area contributed by atoms with Gasteiger partial charge in [0, 0.05) is 25.2 Å². The van der Waals surface area contributed by atoms with E-state index in [4.69, 9.17) is 0 Å². The molecule has 0 fully saturated rings. The molecule has 0 aliphatic rings.